The quantitative estimate of drug-likeness (QED) is 0.846. The number of carbonyl (C=O) groups excluding carboxylic acids is 2. The maximum atomic E-state index is 12.8. The molecule has 6 nitrogen and oxygen atoms in total. The number of hydrogen-bond acceptors (Lipinski definition) is 5. The fraction of sp³-hybridized carbons (Fsp3) is 0.500. The number of hydrogen-bond donors (Lipinski definition) is 1. The second-order valence-corrected chi connectivity index (χ2v) is 5.50. The first kappa shape index (κ1) is 16.3. The maximum absolute atomic E-state index is 12.8. The van der Waals surface area contributed by atoms with Gasteiger partial charge in [-0.25, -0.2) is 0 Å². The molecule has 1 aromatic rings. The summed E-state index contributed by atoms with van der Waals surface area (Å²) >= 11 is 0. The Labute approximate surface area is 131 Å². The molecule has 1 aromatic carbocycles. The summed E-state index contributed by atoms with van der Waals surface area (Å²) < 4.78 is 5.06. The van der Waals surface area contributed by atoms with Gasteiger partial charge in [0.15, 0.2) is 0 Å². The fourth-order valence-corrected chi connectivity index (χ4v) is 2.42. The van der Waals surface area contributed by atoms with E-state index in [0.717, 1.165) is 24.3 Å². The van der Waals surface area contributed by atoms with Crippen LogP contribution in [0.4, 0.5) is 5.69 Å². The van der Waals surface area contributed by atoms with Gasteiger partial charge in [0, 0.05) is 57.0 Å². The first-order valence-electron chi connectivity index (χ1n) is 7.43. The SMILES string of the molecule is CNc1ccc(COC(C)=O)c(C(=O)N2CCN(C)CC2)c1. The lowest BCUT2D eigenvalue weighted by molar-refractivity contribution is -0.142. The molecule has 0 bridgehead atoms. The second kappa shape index (κ2) is 7.26. The number of anilines is 1. The largest absolute Gasteiger partial charge is 0.461 e. The Morgan fingerprint density at radius 2 is 1.91 bits per heavy atom. The van der Waals surface area contributed by atoms with Crippen LogP contribution in [0, 0.1) is 0 Å². The van der Waals surface area contributed by atoms with E-state index < -0.39 is 0 Å². The van der Waals surface area contributed by atoms with Gasteiger partial charge in [-0.1, -0.05) is 6.07 Å². The summed E-state index contributed by atoms with van der Waals surface area (Å²) in [5.74, 6) is -0.358. The molecule has 2 rings (SSSR count). The number of rotatable bonds is 4. The van der Waals surface area contributed by atoms with Crippen LogP contribution in [-0.4, -0.2) is 62.0 Å². The molecule has 1 amide bonds. The van der Waals surface area contributed by atoms with Crippen molar-refractivity contribution in [2.24, 2.45) is 0 Å². The van der Waals surface area contributed by atoms with Gasteiger partial charge in [0.1, 0.15) is 6.61 Å². The van der Waals surface area contributed by atoms with Gasteiger partial charge in [0.25, 0.3) is 5.91 Å². The topological polar surface area (TPSA) is 61.9 Å². The van der Waals surface area contributed by atoms with Gasteiger partial charge < -0.3 is 19.9 Å². The summed E-state index contributed by atoms with van der Waals surface area (Å²) in [6.07, 6.45) is 0. The Bertz CT molecular complexity index is 552. The Morgan fingerprint density at radius 3 is 2.50 bits per heavy atom. The molecule has 0 spiro atoms. The Balaban J connectivity index is 2.21. The Morgan fingerprint density at radius 1 is 1.23 bits per heavy atom. The van der Waals surface area contributed by atoms with Crippen LogP contribution < -0.4 is 5.32 Å². The van der Waals surface area contributed by atoms with Gasteiger partial charge in [0.2, 0.25) is 0 Å². The van der Waals surface area contributed by atoms with E-state index in [1.807, 2.05) is 30.1 Å². The van der Waals surface area contributed by atoms with Crippen LogP contribution in [0.3, 0.4) is 0 Å². The van der Waals surface area contributed by atoms with Gasteiger partial charge in [-0.3, -0.25) is 9.59 Å². The van der Waals surface area contributed by atoms with Crippen LogP contribution >= 0.6 is 0 Å². The molecule has 0 aromatic heterocycles. The van der Waals surface area contributed by atoms with E-state index in [9.17, 15) is 9.59 Å². The summed E-state index contributed by atoms with van der Waals surface area (Å²) in [5.41, 5.74) is 2.19. The number of carbonyl (C=O) groups is 2. The monoisotopic (exact) mass is 305 g/mol. The maximum Gasteiger partial charge on any atom is 0.302 e. The van der Waals surface area contributed by atoms with Crippen LogP contribution in [-0.2, 0) is 16.1 Å². The number of ether oxygens (including phenoxy) is 1. The average Bonchev–Trinajstić information content (AvgIpc) is 2.52. The molecular formula is C16H23N3O3. The van der Waals surface area contributed by atoms with Crippen LogP contribution in [0.2, 0.25) is 0 Å². The van der Waals surface area contributed by atoms with Crippen molar-refractivity contribution in [1.82, 2.24) is 9.80 Å². The molecule has 1 heterocycles. The zero-order valence-electron chi connectivity index (χ0n) is 13.4. The van der Waals surface area contributed by atoms with E-state index in [-0.39, 0.29) is 18.5 Å². The van der Waals surface area contributed by atoms with Crippen LogP contribution in [0.1, 0.15) is 22.8 Å². The summed E-state index contributed by atoms with van der Waals surface area (Å²) in [5, 5.41) is 3.04. The molecule has 0 aliphatic carbocycles. The zero-order valence-corrected chi connectivity index (χ0v) is 13.4. The Kier molecular flexibility index (Phi) is 5.38. The number of piperazine rings is 1. The summed E-state index contributed by atoms with van der Waals surface area (Å²) in [6.45, 7) is 4.66. The molecular weight excluding hydrogens is 282 g/mol. The number of nitrogens with zero attached hydrogens (tertiary/aromatic N) is 2. The van der Waals surface area contributed by atoms with Crippen molar-refractivity contribution in [3.8, 4) is 0 Å². The fourth-order valence-electron chi connectivity index (χ4n) is 2.42. The minimum absolute atomic E-state index is 0.00708. The first-order chi connectivity index (χ1) is 10.5. The molecule has 1 fully saturated rings. The lowest BCUT2D eigenvalue weighted by atomic mass is 10.0. The van der Waals surface area contributed by atoms with Gasteiger partial charge >= 0.3 is 5.97 Å². The number of nitrogens with one attached hydrogen (secondary N) is 1. The summed E-state index contributed by atoms with van der Waals surface area (Å²) in [6, 6.07) is 5.52. The molecule has 120 valence electrons. The van der Waals surface area contributed by atoms with Crippen molar-refractivity contribution in [2.45, 2.75) is 13.5 Å². The third kappa shape index (κ3) is 3.98. The highest BCUT2D eigenvalue weighted by Crippen LogP contribution is 2.19. The molecule has 1 aliphatic rings. The lowest BCUT2D eigenvalue weighted by Gasteiger charge is -2.33. The van der Waals surface area contributed by atoms with Crippen molar-refractivity contribution in [1.29, 1.82) is 0 Å². The van der Waals surface area contributed by atoms with Crippen molar-refractivity contribution in [3.05, 3.63) is 29.3 Å². The van der Waals surface area contributed by atoms with E-state index in [1.54, 1.807) is 0 Å². The average molecular weight is 305 g/mol. The number of amides is 1. The highest BCUT2D eigenvalue weighted by atomic mass is 16.5. The van der Waals surface area contributed by atoms with Crippen molar-refractivity contribution >= 4 is 17.6 Å². The summed E-state index contributed by atoms with van der Waals surface area (Å²) in [7, 11) is 3.86. The number of benzene rings is 1. The molecule has 6 heteroatoms. The summed E-state index contributed by atoms with van der Waals surface area (Å²) in [4.78, 5) is 27.9. The minimum Gasteiger partial charge on any atom is -0.461 e. The predicted octanol–water partition coefficient (Wildman–Crippen LogP) is 1.18. The van der Waals surface area contributed by atoms with Gasteiger partial charge in [-0.05, 0) is 19.2 Å². The smallest absolute Gasteiger partial charge is 0.302 e. The molecule has 0 saturated carbocycles. The molecule has 1 saturated heterocycles. The molecule has 0 radical (unpaired) electrons. The van der Waals surface area contributed by atoms with E-state index >= 15 is 0 Å². The zero-order chi connectivity index (χ0) is 16.1. The highest BCUT2D eigenvalue weighted by molar-refractivity contribution is 5.96. The van der Waals surface area contributed by atoms with Crippen LogP contribution in [0.15, 0.2) is 18.2 Å². The van der Waals surface area contributed by atoms with E-state index in [2.05, 4.69) is 17.3 Å². The first-order valence-corrected chi connectivity index (χ1v) is 7.43. The normalized spacial score (nSPS) is 15.5. The third-order valence-electron chi connectivity index (χ3n) is 3.85. The van der Waals surface area contributed by atoms with Gasteiger partial charge in [0.05, 0.1) is 0 Å². The van der Waals surface area contributed by atoms with Crippen molar-refractivity contribution < 1.29 is 14.3 Å². The van der Waals surface area contributed by atoms with E-state index in [0.29, 0.717) is 18.7 Å². The molecule has 1 N–H and O–H groups in total. The van der Waals surface area contributed by atoms with Crippen molar-refractivity contribution in [3.63, 3.8) is 0 Å². The van der Waals surface area contributed by atoms with E-state index in [1.165, 1.54) is 6.92 Å². The predicted molar refractivity (Wildman–Crippen MR) is 84.9 cm³/mol. The van der Waals surface area contributed by atoms with Gasteiger partial charge in [-0.15, -0.1) is 0 Å². The Hall–Kier alpha value is -2.08. The van der Waals surface area contributed by atoms with E-state index in [4.69, 9.17) is 4.74 Å². The third-order valence-corrected chi connectivity index (χ3v) is 3.85. The number of likely N-dealkylation sites (N-methyl/N-ethyl adjacent to an activating group) is 1. The minimum atomic E-state index is -0.351. The molecule has 22 heavy (non-hydrogen) atoms. The van der Waals surface area contributed by atoms with Crippen LogP contribution in [0.25, 0.3) is 0 Å². The second-order valence-electron chi connectivity index (χ2n) is 5.50. The highest BCUT2D eigenvalue weighted by Gasteiger charge is 2.23. The van der Waals surface area contributed by atoms with Crippen LogP contribution in [0.5, 0.6) is 0 Å². The molecule has 1 aliphatic heterocycles. The number of esters is 1. The van der Waals surface area contributed by atoms with Crippen molar-refractivity contribution in [2.75, 3.05) is 45.6 Å². The standard InChI is InChI=1S/C16H23N3O3/c1-12(20)22-11-13-4-5-14(17-2)10-15(13)16(21)19-8-6-18(3)7-9-19/h4-5,10,17H,6-9,11H2,1-3H3. The molecule has 0 unspecified atom stereocenters. The molecule has 0 atom stereocenters. The van der Waals surface area contributed by atoms with Gasteiger partial charge in [-0.2, -0.15) is 0 Å². The lowest BCUT2D eigenvalue weighted by Crippen LogP contribution is -2.47.